The predicted molar refractivity (Wildman–Crippen MR) is 131 cm³/mol. The van der Waals surface area contributed by atoms with Crippen molar-refractivity contribution in [2.75, 3.05) is 31.1 Å². The molecule has 0 saturated carbocycles. The number of fused-ring (bicyclic) bond motifs is 1. The fourth-order valence-corrected chi connectivity index (χ4v) is 4.45. The molecule has 0 bridgehead atoms. The van der Waals surface area contributed by atoms with Gasteiger partial charge in [0.2, 0.25) is 0 Å². The monoisotopic (exact) mass is 457 g/mol. The molecule has 4 nitrogen and oxygen atoms in total. The SMILES string of the molecule is Cc1ccc(-c2cc(C(=O)N3CCN(c4ccccc4F)CC3)c3cc(F)ccc3n2)cc1C. The minimum absolute atomic E-state index is 0.170. The molecule has 1 amide bonds. The van der Waals surface area contributed by atoms with Gasteiger partial charge in [-0.15, -0.1) is 0 Å². The number of aromatic nitrogens is 1. The average molecular weight is 458 g/mol. The second-order valence-corrected chi connectivity index (χ2v) is 8.75. The van der Waals surface area contributed by atoms with Crippen LogP contribution >= 0.6 is 0 Å². The van der Waals surface area contributed by atoms with E-state index in [1.165, 1.54) is 23.8 Å². The van der Waals surface area contributed by atoms with Gasteiger partial charge in [-0.25, -0.2) is 13.8 Å². The Hall–Kier alpha value is -3.80. The quantitative estimate of drug-likeness (QED) is 0.393. The fraction of sp³-hybridized carbons (Fsp3) is 0.214. The summed E-state index contributed by atoms with van der Waals surface area (Å²) in [5.74, 6) is -0.848. The Morgan fingerprint density at radius 2 is 1.62 bits per heavy atom. The zero-order valence-electron chi connectivity index (χ0n) is 19.2. The molecule has 6 heteroatoms. The van der Waals surface area contributed by atoms with Crippen molar-refractivity contribution in [2.45, 2.75) is 13.8 Å². The van der Waals surface area contributed by atoms with Crippen molar-refractivity contribution < 1.29 is 13.6 Å². The first-order valence-electron chi connectivity index (χ1n) is 11.4. The number of piperazine rings is 1. The summed E-state index contributed by atoms with van der Waals surface area (Å²) in [4.78, 5) is 22.0. The molecular formula is C28H25F2N3O. The summed E-state index contributed by atoms with van der Waals surface area (Å²) in [6, 6.07) is 18.8. The smallest absolute Gasteiger partial charge is 0.254 e. The predicted octanol–water partition coefficient (Wildman–Crippen LogP) is 5.76. The third kappa shape index (κ3) is 4.12. The first-order valence-corrected chi connectivity index (χ1v) is 11.4. The summed E-state index contributed by atoms with van der Waals surface area (Å²) in [6.45, 7) is 6.03. The normalized spacial score (nSPS) is 14.0. The zero-order valence-corrected chi connectivity index (χ0v) is 19.2. The van der Waals surface area contributed by atoms with Crippen molar-refractivity contribution >= 4 is 22.5 Å². The van der Waals surface area contributed by atoms with Gasteiger partial charge >= 0.3 is 0 Å². The minimum Gasteiger partial charge on any atom is -0.366 e. The topological polar surface area (TPSA) is 36.4 Å². The van der Waals surface area contributed by atoms with Crippen molar-refractivity contribution in [3.05, 3.63) is 95.1 Å². The second kappa shape index (κ2) is 8.86. The number of aryl methyl sites for hydroxylation is 2. The standard InChI is InChI=1S/C28H25F2N3O/c1-18-7-8-20(15-19(18)2)26-17-23(22-16-21(29)9-10-25(22)31-26)28(34)33-13-11-32(12-14-33)27-6-4-3-5-24(27)30/h3-10,15-17H,11-14H2,1-2H3. The Morgan fingerprint density at radius 3 is 2.35 bits per heavy atom. The van der Waals surface area contributed by atoms with Crippen LogP contribution in [0, 0.1) is 25.5 Å². The number of carbonyl (C=O) groups excluding carboxylic acids is 1. The Kier molecular flexibility index (Phi) is 5.74. The van der Waals surface area contributed by atoms with Crippen LogP contribution in [0.15, 0.2) is 66.7 Å². The van der Waals surface area contributed by atoms with Gasteiger partial charge in [0.25, 0.3) is 5.91 Å². The number of anilines is 1. The van der Waals surface area contributed by atoms with Crippen molar-refractivity contribution in [3.63, 3.8) is 0 Å². The molecule has 1 aliphatic heterocycles. The molecule has 2 heterocycles. The highest BCUT2D eigenvalue weighted by Crippen LogP contribution is 2.28. The molecular weight excluding hydrogens is 432 g/mol. The first-order chi connectivity index (χ1) is 16.4. The van der Waals surface area contributed by atoms with E-state index in [1.807, 2.05) is 36.9 Å². The lowest BCUT2D eigenvalue weighted by atomic mass is 10.00. The number of para-hydroxylation sites is 1. The van der Waals surface area contributed by atoms with Crippen molar-refractivity contribution in [1.82, 2.24) is 9.88 Å². The third-order valence-corrected chi connectivity index (χ3v) is 6.56. The van der Waals surface area contributed by atoms with E-state index < -0.39 is 5.82 Å². The third-order valence-electron chi connectivity index (χ3n) is 6.56. The van der Waals surface area contributed by atoms with E-state index in [0.29, 0.717) is 54.0 Å². The molecule has 0 N–H and O–H groups in total. The van der Waals surface area contributed by atoms with Gasteiger partial charge in [-0.05, 0) is 67.4 Å². The highest BCUT2D eigenvalue weighted by atomic mass is 19.1. The van der Waals surface area contributed by atoms with Gasteiger partial charge in [-0.1, -0.05) is 24.3 Å². The van der Waals surface area contributed by atoms with E-state index in [-0.39, 0.29) is 11.7 Å². The first kappa shape index (κ1) is 22.0. The Labute approximate surface area is 197 Å². The van der Waals surface area contributed by atoms with Gasteiger partial charge in [0.05, 0.1) is 22.5 Å². The number of pyridine rings is 1. The van der Waals surface area contributed by atoms with Gasteiger partial charge in [-0.2, -0.15) is 0 Å². The lowest BCUT2D eigenvalue weighted by molar-refractivity contribution is 0.0748. The number of rotatable bonds is 3. The van der Waals surface area contributed by atoms with Crippen LogP contribution in [-0.4, -0.2) is 42.0 Å². The molecule has 4 aromatic rings. The highest BCUT2D eigenvalue weighted by Gasteiger charge is 2.25. The average Bonchev–Trinajstić information content (AvgIpc) is 2.85. The molecule has 0 aliphatic carbocycles. The molecule has 0 atom stereocenters. The van der Waals surface area contributed by atoms with E-state index in [9.17, 15) is 13.6 Å². The van der Waals surface area contributed by atoms with E-state index >= 15 is 0 Å². The number of carbonyl (C=O) groups is 1. The Morgan fingerprint density at radius 1 is 0.853 bits per heavy atom. The Balaban J connectivity index is 1.48. The molecule has 1 fully saturated rings. The maximum atomic E-state index is 14.2. The molecule has 172 valence electrons. The number of nitrogens with zero attached hydrogens (tertiary/aromatic N) is 3. The number of benzene rings is 3. The van der Waals surface area contributed by atoms with Crippen molar-refractivity contribution in [3.8, 4) is 11.3 Å². The largest absolute Gasteiger partial charge is 0.366 e. The number of hydrogen-bond acceptors (Lipinski definition) is 3. The summed E-state index contributed by atoms with van der Waals surface area (Å²) in [7, 11) is 0. The molecule has 0 unspecified atom stereocenters. The Bertz CT molecular complexity index is 1390. The summed E-state index contributed by atoms with van der Waals surface area (Å²) < 4.78 is 28.3. The van der Waals surface area contributed by atoms with Gasteiger partial charge in [-0.3, -0.25) is 4.79 Å². The summed E-state index contributed by atoms with van der Waals surface area (Å²) in [5, 5.41) is 0.495. The van der Waals surface area contributed by atoms with Crippen LogP contribution in [0.25, 0.3) is 22.2 Å². The van der Waals surface area contributed by atoms with Crippen molar-refractivity contribution in [1.29, 1.82) is 0 Å². The fourth-order valence-electron chi connectivity index (χ4n) is 4.45. The second-order valence-electron chi connectivity index (χ2n) is 8.75. The highest BCUT2D eigenvalue weighted by molar-refractivity contribution is 6.07. The lowest BCUT2D eigenvalue weighted by Crippen LogP contribution is -2.49. The molecule has 5 rings (SSSR count). The maximum Gasteiger partial charge on any atom is 0.254 e. The van der Waals surface area contributed by atoms with Crippen LogP contribution in [0.4, 0.5) is 14.5 Å². The van der Waals surface area contributed by atoms with Gasteiger partial charge < -0.3 is 9.80 Å². The van der Waals surface area contributed by atoms with Crippen LogP contribution in [0.3, 0.4) is 0 Å². The van der Waals surface area contributed by atoms with Crippen LogP contribution in [-0.2, 0) is 0 Å². The van der Waals surface area contributed by atoms with Crippen LogP contribution in [0.1, 0.15) is 21.5 Å². The summed E-state index contributed by atoms with van der Waals surface area (Å²) >= 11 is 0. The molecule has 3 aromatic carbocycles. The molecule has 1 saturated heterocycles. The number of halogens is 2. The van der Waals surface area contributed by atoms with Gasteiger partial charge in [0, 0.05) is 37.1 Å². The molecule has 1 aromatic heterocycles. The van der Waals surface area contributed by atoms with E-state index in [1.54, 1.807) is 29.2 Å². The lowest BCUT2D eigenvalue weighted by Gasteiger charge is -2.36. The van der Waals surface area contributed by atoms with E-state index in [4.69, 9.17) is 4.98 Å². The number of hydrogen-bond donors (Lipinski definition) is 0. The van der Waals surface area contributed by atoms with Gasteiger partial charge in [0.15, 0.2) is 0 Å². The number of amides is 1. The van der Waals surface area contributed by atoms with E-state index in [0.717, 1.165) is 11.1 Å². The molecule has 34 heavy (non-hydrogen) atoms. The molecule has 0 spiro atoms. The van der Waals surface area contributed by atoms with Crippen LogP contribution < -0.4 is 4.90 Å². The van der Waals surface area contributed by atoms with Crippen LogP contribution in [0.5, 0.6) is 0 Å². The molecule has 0 radical (unpaired) electrons. The minimum atomic E-state index is -0.411. The summed E-state index contributed by atoms with van der Waals surface area (Å²) in [6.07, 6.45) is 0. The maximum absolute atomic E-state index is 14.2. The van der Waals surface area contributed by atoms with Crippen LogP contribution in [0.2, 0.25) is 0 Å². The molecule has 1 aliphatic rings. The summed E-state index contributed by atoms with van der Waals surface area (Å²) in [5.41, 5.74) is 5.44. The van der Waals surface area contributed by atoms with E-state index in [2.05, 4.69) is 6.07 Å². The van der Waals surface area contributed by atoms with Gasteiger partial charge in [0.1, 0.15) is 11.6 Å². The van der Waals surface area contributed by atoms with Crippen molar-refractivity contribution in [2.24, 2.45) is 0 Å². The zero-order chi connectivity index (χ0) is 23.8.